The lowest BCUT2D eigenvalue weighted by Crippen LogP contribution is -2.23. The van der Waals surface area contributed by atoms with Gasteiger partial charge in [-0.05, 0) is 43.7 Å². The van der Waals surface area contributed by atoms with Crippen molar-refractivity contribution in [1.82, 2.24) is 4.98 Å². The number of aliphatic hydroxyl groups excluding tert-OH is 1. The maximum atomic E-state index is 9.40. The van der Waals surface area contributed by atoms with E-state index in [9.17, 15) is 5.11 Å². The van der Waals surface area contributed by atoms with Crippen LogP contribution in [-0.2, 0) is 0 Å². The molecule has 0 aliphatic heterocycles. The third kappa shape index (κ3) is 3.10. The molecule has 0 spiro atoms. The summed E-state index contributed by atoms with van der Waals surface area (Å²) in [4.78, 5) is 4.03. The molecule has 0 aromatic carbocycles. The second-order valence-electron chi connectivity index (χ2n) is 4.53. The Labute approximate surface area is 95.9 Å². The molecule has 0 bridgehead atoms. The predicted octanol–water partition coefficient (Wildman–Crippen LogP) is 1.63. The van der Waals surface area contributed by atoms with E-state index in [1.807, 2.05) is 6.07 Å². The van der Waals surface area contributed by atoms with Crippen molar-refractivity contribution < 1.29 is 5.11 Å². The lowest BCUT2D eigenvalue weighted by Gasteiger charge is -2.25. The van der Waals surface area contributed by atoms with E-state index in [0.717, 1.165) is 37.9 Å². The third-order valence-electron chi connectivity index (χ3n) is 3.20. The minimum Gasteiger partial charge on any atom is -0.393 e. The number of nitrogens with one attached hydrogen (secondary N) is 1. The number of hydrogen-bond donors (Lipinski definition) is 3. The Balaban J connectivity index is 1.77. The van der Waals surface area contributed by atoms with E-state index in [1.165, 1.54) is 0 Å². The highest BCUT2D eigenvalue weighted by Crippen LogP contribution is 2.24. The summed E-state index contributed by atoms with van der Waals surface area (Å²) in [6, 6.07) is 3.74. The van der Waals surface area contributed by atoms with E-state index in [4.69, 9.17) is 5.73 Å². The molecular weight excluding hydrogens is 202 g/mol. The van der Waals surface area contributed by atoms with E-state index < -0.39 is 0 Å². The zero-order valence-corrected chi connectivity index (χ0v) is 9.39. The van der Waals surface area contributed by atoms with Crippen LogP contribution in [0.2, 0.25) is 0 Å². The molecule has 1 heterocycles. The van der Waals surface area contributed by atoms with E-state index >= 15 is 0 Å². The molecule has 1 aliphatic rings. The van der Waals surface area contributed by atoms with Gasteiger partial charge in [0.1, 0.15) is 5.82 Å². The Hall–Kier alpha value is -1.29. The molecule has 1 aromatic heterocycles. The summed E-state index contributed by atoms with van der Waals surface area (Å²) in [5, 5.41) is 12.8. The van der Waals surface area contributed by atoms with Crippen molar-refractivity contribution >= 4 is 11.5 Å². The molecule has 0 radical (unpaired) electrons. The van der Waals surface area contributed by atoms with Gasteiger partial charge in [0.2, 0.25) is 0 Å². The van der Waals surface area contributed by atoms with Crippen molar-refractivity contribution in [3.63, 3.8) is 0 Å². The van der Waals surface area contributed by atoms with Crippen LogP contribution < -0.4 is 11.1 Å². The first-order valence-corrected chi connectivity index (χ1v) is 5.87. The molecular formula is C12H19N3O. The van der Waals surface area contributed by atoms with Crippen molar-refractivity contribution in [3.05, 3.63) is 18.3 Å². The number of nitrogen functional groups attached to an aromatic ring is 1. The molecule has 0 atom stereocenters. The predicted molar refractivity (Wildman–Crippen MR) is 65.1 cm³/mol. The van der Waals surface area contributed by atoms with Crippen molar-refractivity contribution in [2.75, 3.05) is 17.6 Å². The van der Waals surface area contributed by atoms with Gasteiger partial charge in [-0.25, -0.2) is 4.98 Å². The largest absolute Gasteiger partial charge is 0.393 e. The number of pyridine rings is 1. The fourth-order valence-corrected chi connectivity index (χ4v) is 2.12. The van der Waals surface area contributed by atoms with Gasteiger partial charge >= 0.3 is 0 Å². The SMILES string of the molecule is Nc1ccc(NCC2CCC(O)CC2)cn1. The summed E-state index contributed by atoms with van der Waals surface area (Å²) >= 11 is 0. The topological polar surface area (TPSA) is 71.2 Å². The van der Waals surface area contributed by atoms with Crippen molar-refractivity contribution in [2.24, 2.45) is 5.92 Å². The minimum absolute atomic E-state index is 0.0746. The molecule has 1 saturated carbocycles. The third-order valence-corrected chi connectivity index (χ3v) is 3.20. The van der Waals surface area contributed by atoms with Crippen molar-refractivity contribution in [3.8, 4) is 0 Å². The van der Waals surface area contributed by atoms with Crippen molar-refractivity contribution in [1.29, 1.82) is 0 Å². The Morgan fingerprint density at radius 2 is 2.06 bits per heavy atom. The molecule has 2 rings (SSSR count). The Morgan fingerprint density at radius 3 is 2.69 bits per heavy atom. The summed E-state index contributed by atoms with van der Waals surface area (Å²) in [6.07, 6.45) is 5.77. The first-order chi connectivity index (χ1) is 7.74. The maximum Gasteiger partial charge on any atom is 0.123 e. The number of hydrogen-bond acceptors (Lipinski definition) is 4. The number of nitrogens with two attached hydrogens (primary N) is 1. The van der Waals surface area contributed by atoms with Crippen LogP contribution in [0.3, 0.4) is 0 Å². The first-order valence-electron chi connectivity index (χ1n) is 5.87. The molecule has 4 N–H and O–H groups in total. The van der Waals surface area contributed by atoms with Gasteiger partial charge in [-0.3, -0.25) is 0 Å². The molecule has 4 heteroatoms. The highest BCUT2D eigenvalue weighted by Gasteiger charge is 2.18. The average Bonchev–Trinajstić information content (AvgIpc) is 2.30. The summed E-state index contributed by atoms with van der Waals surface area (Å²) < 4.78 is 0. The zero-order chi connectivity index (χ0) is 11.4. The van der Waals surface area contributed by atoms with Gasteiger partial charge in [0.25, 0.3) is 0 Å². The molecule has 0 saturated heterocycles. The Kier molecular flexibility index (Phi) is 3.62. The number of anilines is 2. The van der Waals surface area contributed by atoms with Gasteiger partial charge in [0.05, 0.1) is 18.0 Å². The van der Waals surface area contributed by atoms with Crippen LogP contribution in [0.5, 0.6) is 0 Å². The number of aliphatic hydroxyl groups is 1. The van der Waals surface area contributed by atoms with Crippen LogP contribution in [-0.4, -0.2) is 22.7 Å². The highest BCUT2D eigenvalue weighted by atomic mass is 16.3. The maximum absolute atomic E-state index is 9.40. The summed E-state index contributed by atoms with van der Waals surface area (Å²) in [7, 11) is 0. The molecule has 0 amide bonds. The normalized spacial score (nSPS) is 25.3. The van der Waals surface area contributed by atoms with Crippen LogP contribution in [0, 0.1) is 5.92 Å². The minimum atomic E-state index is -0.0746. The molecule has 88 valence electrons. The number of aromatic nitrogens is 1. The van der Waals surface area contributed by atoms with Crippen LogP contribution >= 0.6 is 0 Å². The zero-order valence-electron chi connectivity index (χ0n) is 9.39. The van der Waals surface area contributed by atoms with Crippen molar-refractivity contribution in [2.45, 2.75) is 31.8 Å². The van der Waals surface area contributed by atoms with Crippen LogP contribution in [0.25, 0.3) is 0 Å². The monoisotopic (exact) mass is 221 g/mol. The lowest BCUT2D eigenvalue weighted by molar-refractivity contribution is 0.111. The summed E-state index contributed by atoms with van der Waals surface area (Å²) in [6.45, 7) is 0.957. The molecule has 16 heavy (non-hydrogen) atoms. The average molecular weight is 221 g/mol. The molecule has 1 fully saturated rings. The second-order valence-corrected chi connectivity index (χ2v) is 4.53. The molecule has 1 aromatic rings. The van der Waals surface area contributed by atoms with E-state index in [2.05, 4.69) is 10.3 Å². The van der Waals surface area contributed by atoms with E-state index in [0.29, 0.717) is 11.7 Å². The van der Waals surface area contributed by atoms with Gasteiger partial charge < -0.3 is 16.2 Å². The van der Waals surface area contributed by atoms with Crippen LogP contribution in [0.4, 0.5) is 11.5 Å². The number of nitrogens with zero attached hydrogens (tertiary/aromatic N) is 1. The van der Waals surface area contributed by atoms with Gasteiger partial charge in [-0.15, -0.1) is 0 Å². The highest BCUT2D eigenvalue weighted by molar-refractivity contribution is 5.45. The Bertz CT molecular complexity index is 318. The van der Waals surface area contributed by atoms with Gasteiger partial charge in [0.15, 0.2) is 0 Å². The van der Waals surface area contributed by atoms with E-state index in [-0.39, 0.29) is 6.10 Å². The van der Waals surface area contributed by atoms with Crippen LogP contribution in [0.15, 0.2) is 18.3 Å². The summed E-state index contributed by atoms with van der Waals surface area (Å²) in [5.41, 5.74) is 6.53. The van der Waals surface area contributed by atoms with Gasteiger partial charge in [-0.1, -0.05) is 0 Å². The lowest BCUT2D eigenvalue weighted by atomic mass is 9.87. The fraction of sp³-hybridized carbons (Fsp3) is 0.583. The number of rotatable bonds is 3. The van der Waals surface area contributed by atoms with Gasteiger partial charge in [-0.2, -0.15) is 0 Å². The molecule has 1 aliphatic carbocycles. The fourth-order valence-electron chi connectivity index (χ4n) is 2.12. The molecule has 4 nitrogen and oxygen atoms in total. The molecule has 0 unspecified atom stereocenters. The smallest absolute Gasteiger partial charge is 0.123 e. The van der Waals surface area contributed by atoms with Crippen LogP contribution in [0.1, 0.15) is 25.7 Å². The van der Waals surface area contributed by atoms with Gasteiger partial charge in [0, 0.05) is 6.54 Å². The first kappa shape index (κ1) is 11.2. The second kappa shape index (κ2) is 5.16. The summed E-state index contributed by atoms with van der Waals surface area (Å²) in [5.74, 6) is 1.22. The van der Waals surface area contributed by atoms with E-state index in [1.54, 1.807) is 12.3 Å². The quantitative estimate of drug-likeness (QED) is 0.725. The standard InChI is InChI=1S/C12H19N3O/c13-12-6-3-10(8-15-12)14-7-9-1-4-11(16)5-2-9/h3,6,8-9,11,14,16H,1-2,4-5,7H2,(H2,13,15). The Morgan fingerprint density at radius 1 is 1.31 bits per heavy atom.